The number of hydrogen-bond acceptors (Lipinski definition) is 3. The lowest BCUT2D eigenvalue weighted by Gasteiger charge is -2.24. The number of benzene rings is 1. The van der Waals surface area contributed by atoms with E-state index in [9.17, 15) is 31.1 Å². The fraction of sp³-hybridized carbons (Fsp3) is 0.417. The fourth-order valence-electron chi connectivity index (χ4n) is 1.43. The number of rotatable bonds is 4. The summed E-state index contributed by atoms with van der Waals surface area (Å²) in [6, 6.07) is 3.02. The quantitative estimate of drug-likeness (QED) is 0.626. The molecule has 0 fully saturated rings. The van der Waals surface area contributed by atoms with Gasteiger partial charge in [-0.2, -0.15) is 26.3 Å². The minimum Gasteiger partial charge on any atom is -0.493 e. The topological polar surface area (TPSA) is 35.5 Å². The number of hydrogen-bond donors (Lipinski definition) is 0. The number of methoxy groups -OCH3 is 1. The summed E-state index contributed by atoms with van der Waals surface area (Å²) in [4.78, 5) is 11.1. The summed E-state index contributed by atoms with van der Waals surface area (Å²) in [5.74, 6) is -1.71. The minimum absolute atomic E-state index is 0.103. The maximum Gasteiger partial charge on any atom is 0.434 e. The summed E-state index contributed by atoms with van der Waals surface area (Å²) < 4.78 is 83.3. The second-order valence-electron chi connectivity index (χ2n) is 4.00. The van der Waals surface area contributed by atoms with E-state index >= 15 is 0 Å². The second-order valence-corrected chi connectivity index (χ2v) is 4.00. The molecule has 3 nitrogen and oxygen atoms in total. The first-order valence-electron chi connectivity index (χ1n) is 5.46. The number of alkyl halides is 6. The fourth-order valence-corrected chi connectivity index (χ4v) is 1.43. The molecule has 0 atom stereocenters. The molecule has 0 aliphatic heterocycles. The molecule has 0 radical (unpaired) electrons. The SMILES string of the molecule is COc1ccc(C(C)=O)cc1OC(C(F)(F)F)C(F)(F)F. The Morgan fingerprint density at radius 2 is 1.57 bits per heavy atom. The monoisotopic (exact) mass is 316 g/mol. The predicted octanol–water partition coefficient (Wildman–Crippen LogP) is 3.77. The molecule has 0 heterocycles. The average molecular weight is 316 g/mol. The van der Waals surface area contributed by atoms with E-state index in [0.29, 0.717) is 0 Å². The van der Waals surface area contributed by atoms with Crippen LogP contribution in [0.25, 0.3) is 0 Å². The molecule has 1 aromatic carbocycles. The highest BCUT2D eigenvalue weighted by Gasteiger charge is 2.59. The van der Waals surface area contributed by atoms with E-state index in [0.717, 1.165) is 26.2 Å². The molecule has 0 aliphatic carbocycles. The number of halogens is 6. The molecular weight excluding hydrogens is 306 g/mol. The van der Waals surface area contributed by atoms with E-state index in [-0.39, 0.29) is 11.3 Å². The van der Waals surface area contributed by atoms with Crippen LogP contribution in [0.15, 0.2) is 18.2 Å². The van der Waals surface area contributed by atoms with Gasteiger partial charge in [0.2, 0.25) is 0 Å². The Morgan fingerprint density at radius 3 is 1.95 bits per heavy atom. The molecule has 9 heteroatoms. The molecule has 0 spiro atoms. The van der Waals surface area contributed by atoms with E-state index in [1.54, 1.807) is 0 Å². The molecule has 0 saturated heterocycles. The molecule has 118 valence electrons. The van der Waals surface area contributed by atoms with Gasteiger partial charge in [-0.05, 0) is 25.1 Å². The van der Waals surface area contributed by atoms with Crippen LogP contribution in [-0.4, -0.2) is 31.3 Å². The number of Topliss-reactive ketones (excluding diaryl/α,β-unsaturated/α-hetero) is 1. The summed E-state index contributed by atoms with van der Waals surface area (Å²) in [6.07, 6.45) is -15.3. The van der Waals surface area contributed by atoms with Gasteiger partial charge in [-0.1, -0.05) is 0 Å². The maximum atomic E-state index is 12.4. The molecule has 21 heavy (non-hydrogen) atoms. The maximum absolute atomic E-state index is 12.4. The molecule has 0 aromatic heterocycles. The Kier molecular flexibility index (Phi) is 4.75. The lowest BCUT2D eigenvalue weighted by Crippen LogP contribution is -2.46. The second kappa shape index (κ2) is 5.82. The van der Waals surface area contributed by atoms with Gasteiger partial charge in [-0.15, -0.1) is 0 Å². The van der Waals surface area contributed by atoms with E-state index in [1.165, 1.54) is 6.07 Å². The lowest BCUT2D eigenvalue weighted by atomic mass is 10.1. The van der Waals surface area contributed by atoms with E-state index in [1.807, 2.05) is 0 Å². The highest BCUT2D eigenvalue weighted by atomic mass is 19.4. The highest BCUT2D eigenvalue weighted by Crippen LogP contribution is 2.39. The first-order valence-corrected chi connectivity index (χ1v) is 5.46. The van der Waals surface area contributed by atoms with Crippen molar-refractivity contribution in [2.45, 2.75) is 25.4 Å². The Bertz CT molecular complexity index is 507. The van der Waals surface area contributed by atoms with Crippen LogP contribution in [-0.2, 0) is 0 Å². The molecule has 0 bridgehead atoms. The van der Waals surface area contributed by atoms with Crippen molar-refractivity contribution < 1.29 is 40.6 Å². The normalized spacial score (nSPS) is 12.4. The van der Waals surface area contributed by atoms with Crippen LogP contribution in [0.2, 0.25) is 0 Å². The van der Waals surface area contributed by atoms with Crippen LogP contribution in [0.4, 0.5) is 26.3 Å². The average Bonchev–Trinajstić information content (AvgIpc) is 2.32. The van der Waals surface area contributed by atoms with Gasteiger partial charge in [0.1, 0.15) is 0 Å². The van der Waals surface area contributed by atoms with Crippen LogP contribution >= 0.6 is 0 Å². The largest absolute Gasteiger partial charge is 0.493 e. The Labute approximate surface area is 115 Å². The molecule has 0 N–H and O–H groups in total. The van der Waals surface area contributed by atoms with Crippen molar-refractivity contribution in [1.82, 2.24) is 0 Å². The highest BCUT2D eigenvalue weighted by molar-refractivity contribution is 5.94. The molecule has 1 aromatic rings. The van der Waals surface area contributed by atoms with Gasteiger partial charge in [0.25, 0.3) is 6.10 Å². The molecule has 0 amide bonds. The van der Waals surface area contributed by atoms with E-state index in [2.05, 4.69) is 9.47 Å². The molecule has 0 saturated carbocycles. The summed E-state index contributed by atoms with van der Waals surface area (Å²) in [5, 5.41) is 0. The number of ether oxygens (including phenoxy) is 2. The minimum atomic E-state index is -5.66. The Balaban J connectivity index is 3.25. The molecular formula is C12H10F6O3. The Morgan fingerprint density at radius 1 is 1.05 bits per heavy atom. The summed E-state index contributed by atoms with van der Waals surface area (Å²) in [6.45, 7) is 1.11. The number of ketones is 1. The van der Waals surface area contributed by atoms with Gasteiger partial charge in [-0.25, -0.2) is 0 Å². The lowest BCUT2D eigenvalue weighted by molar-refractivity contribution is -0.300. The standard InChI is InChI=1S/C12H10F6O3/c1-6(19)7-3-4-8(20-2)9(5-7)21-10(11(13,14)15)12(16,17)18/h3-5,10H,1-2H3. The van der Waals surface area contributed by atoms with Gasteiger partial charge in [0.05, 0.1) is 7.11 Å². The zero-order chi connectivity index (χ0) is 16.4. The predicted molar refractivity (Wildman–Crippen MR) is 59.5 cm³/mol. The third-order valence-electron chi connectivity index (χ3n) is 2.41. The zero-order valence-corrected chi connectivity index (χ0v) is 10.8. The van der Waals surface area contributed by atoms with Crippen LogP contribution in [0.3, 0.4) is 0 Å². The zero-order valence-electron chi connectivity index (χ0n) is 10.8. The number of carbonyl (C=O) groups excluding carboxylic acids is 1. The van der Waals surface area contributed by atoms with Crippen molar-refractivity contribution in [1.29, 1.82) is 0 Å². The van der Waals surface area contributed by atoms with Gasteiger partial charge < -0.3 is 9.47 Å². The van der Waals surface area contributed by atoms with Crippen LogP contribution in [0.1, 0.15) is 17.3 Å². The third-order valence-corrected chi connectivity index (χ3v) is 2.41. The smallest absolute Gasteiger partial charge is 0.434 e. The van der Waals surface area contributed by atoms with Gasteiger partial charge in [0, 0.05) is 5.56 Å². The van der Waals surface area contributed by atoms with Crippen molar-refractivity contribution in [3.63, 3.8) is 0 Å². The van der Waals surface area contributed by atoms with Crippen LogP contribution in [0, 0.1) is 0 Å². The van der Waals surface area contributed by atoms with Crippen molar-refractivity contribution in [2.24, 2.45) is 0 Å². The van der Waals surface area contributed by atoms with Gasteiger partial charge >= 0.3 is 12.4 Å². The van der Waals surface area contributed by atoms with Crippen molar-refractivity contribution in [3.8, 4) is 11.5 Å². The van der Waals surface area contributed by atoms with Crippen LogP contribution < -0.4 is 9.47 Å². The van der Waals surface area contributed by atoms with Crippen molar-refractivity contribution >= 4 is 5.78 Å². The molecule has 0 aliphatic rings. The first kappa shape index (κ1) is 17.1. The Hall–Kier alpha value is -1.93. The number of carbonyl (C=O) groups is 1. The summed E-state index contributed by atoms with van der Waals surface area (Å²) >= 11 is 0. The third kappa shape index (κ3) is 4.27. The van der Waals surface area contributed by atoms with E-state index < -0.39 is 30.0 Å². The summed E-state index contributed by atoms with van der Waals surface area (Å²) in [5.41, 5.74) is -0.103. The van der Waals surface area contributed by atoms with Crippen LogP contribution in [0.5, 0.6) is 11.5 Å². The first-order chi connectivity index (χ1) is 9.46. The van der Waals surface area contributed by atoms with Crippen molar-refractivity contribution in [3.05, 3.63) is 23.8 Å². The molecule has 1 rings (SSSR count). The van der Waals surface area contributed by atoms with Gasteiger partial charge in [0.15, 0.2) is 17.3 Å². The molecule has 0 unspecified atom stereocenters. The van der Waals surface area contributed by atoms with Gasteiger partial charge in [-0.3, -0.25) is 4.79 Å². The van der Waals surface area contributed by atoms with E-state index in [4.69, 9.17) is 0 Å². The summed E-state index contributed by atoms with van der Waals surface area (Å²) in [7, 11) is 1.05. The van der Waals surface area contributed by atoms with Crippen molar-refractivity contribution in [2.75, 3.05) is 7.11 Å².